The Morgan fingerprint density at radius 2 is 2.20 bits per heavy atom. The van der Waals surface area contributed by atoms with Crippen LogP contribution in [0, 0.1) is 0 Å². The molecular formula is C14H19BrN4S. The molecule has 4 nitrogen and oxygen atoms in total. The Bertz CT molecular complexity index is 543. The van der Waals surface area contributed by atoms with E-state index in [1.165, 1.54) is 4.90 Å². The average Bonchev–Trinajstić information content (AvgIpc) is 2.86. The van der Waals surface area contributed by atoms with Gasteiger partial charge < -0.3 is 5.73 Å². The predicted molar refractivity (Wildman–Crippen MR) is 86.9 cm³/mol. The van der Waals surface area contributed by atoms with E-state index in [1.54, 1.807) is 18.1 Å². The Morgan fingerprint density at radius 1 is 1.40 bits per heavy atom. The summed E-state index contributed by atoms with van der Waals surface area (Å²) in [4.78, 5) is 5.52. The van der Waals surface area contributed by atoms with Crippen LogP contribution in [0.5, 0.6) is 0 Å². The standard InChI is InChI=1S/C14H19BrN4S/c1-2-7-19-14(17-10-18-19)8-11(16)9-20-13-6-4-3-5-12(13)15/h3-6,10-11H,2,7-9,16H2,1H3. The molecule has 0 aliphatic carbocycles. The van der Waals surface area contributed by atoms with Crippen LogP contribution in [0.1, 0.15) is 19.2 Å². The molecule has 108 valence electrons. The second-order valence-corrected chi connectivity index (χ2v) is 6.52. The first kappa shape index (κ1) is 15.5. The molecule has 6 heteroatoms. The number of hydrogen-bond acceptors (Lipinski definition) is 4. The topological polar surface area (TPSA) is 56.7 Å². The van der Waals surface area contributed by atoms with Gasteiger partial charge in [-0.3, -0.25) is 4.68 Å². The van der Waals surface area contributed by atoms with Gasteiger partial charge in [0.2, 0.25) is 0 Å². The number of thioether (sulfide) groups is 1. The predicted octanol–water partition coefficient (Wildman–Crippen LogP) is 3.11. The van der Waals surface area contributed by atoms with Crippen molar-refractivity contribution in [2.45, 2.75) is 37.2 Å². The maximum absolute atomic E-state index is 6.21. The number of nitrogens with two attached hydrogens (primary N) is 1. The molecule has 1 unspecified atom stereocenters. The summed E-state index contributed by atoms with van der Waals surface area (Å²) in [6, 6.07) is 8.27. The van der Waals surface area contributed by atoms with Crippen molar-refractivity contribution in [2.75, 3.05) is 5.75 Å². The summed E-state index contributed by atoms with van der Waals surface area (Å²) in [5, 5.41) is 4.23. The Balaban J connectivity index is 1.88. The quantitative estimate of drug-likeness (QED) is 0.776. The number of aromatic nitrogens is 3. The third-order valence-corrected chi connectivity index (χ3v) is 5.08. The maximum atomic E-state index is 6.21. The van der Waals surface area contributed by atoms with Gasteiger partial charge in [-0.05, 0) is 34.5 Å². The first-order chi connectivity index (χ1) is 9.70. The van der Waals surface area contributed by atoms with Gasteiger partial charge in [-0.2, -0.15) is 5.10 Å². The molecule has 1 aromatic heterocycles. The highest BCUT2D eigenvalue weighted by molar-refractivity contribution is 9.10. The van der Waals surface area contributed by atoms with Crippen molar-refractivity contribution in [2.24, 2.45) is 5.73 Å². The zero-order chi connectivity index (χ0) is 14.4. The number of hydrogen-bond donors (Lipinski definition) is 1. The van der Waals surface area contributed by atoms with Gasteiger partial charge in [-0.25, -0.2) is 4.98 Å². The first-order valence-corrected chi connectivity index (χ1v) is 8.48. The fraction of sp³-hybridized carbons (Fsp3) is 0.429. The largest absolute Gasteiger partial charge is 0.327 e. The van der Waals surface area contributed by atoms with Crippen molar-refractivity contribution in [1.82, 2.24) is 14.8 Å². The molecule has 1 aromatic carbocycles. The smallest absolute Gasteiger partial charge is 0.138 e. The van der Waals surface area contributed by atoms with Gasteiger partial charge >= 0.3 is 0 Å². The van der Waals surface area contributed by atoms with Crippen LogP contribution < -0.4 is 5.73 Å². The molecule has 20 heavy (non-hydrogen) atoms. The lowest BCUT2D eigenvalue weighted by atomic mass is 10.2. The number of nitrogens with zero attached hydrogens (tertiary/aromatic N) is 3. The summed E-state index contributed by atoms with van der Waals surface area (Å²) in [6.45, 7) is 3.04. The minimum Gasteiger partial charge on any atom is -0.327 e. The van der Waals surface area contributed by atoms with Gasteiger partial charge in [-0.15, -0.1) is 11.8 Å². The molecule has 1 heterocycles. The van der Waals surface area contributed by atoms with Crippen molar-refractivity contribution in [1.29, 1.82) is 0 Å². The van der Waals surface area contributed by atoms with Gasteiger partial charge in [0.1, 0.15) is 12.2 Å². The summed E-state index contributed by atoms with van der Waals surface area (Å²) in [7, 11) is 0. The van der Waals surface area contributed by atoms with Crippen LogP contribution in [0.25, 0.3) is 0 Å². The molecule has 1 atom stereocenters. The van der Waals surface area contributed by atoms with E-state index in [0.717, 1.165) is 35.4 Å². The van der Waals surface area contributed by atoms with E-state index in [9.17, 15) is 0 Å². The number of rotatable bonds is 7. The summed E-state index contributed by atoms with van der Waals surface area (Å²) >= 11 is 5.32. The molecule has 0 fully saturated rings. The third-order valence-electron chi connectivity index (χ3n) is 2.87. The zero-order valence-corrected chi connectivity index (χ0v) is 13.9. The van der Waals surface area contributed by atoms with E-state index in [0.29, 0.717) is 0 Å². The van der Waals surface area contributed by atoms with Gasteiger partial charge in [-0.1, -0.05) is 19.1 Å². The Hall–Kier alpha value is -0.850. The van der Waals surface area contributed by atoms with Crippen molar-refractivity contribution >= 4 is 27.7 Å². The third kappa shape index (κ3) is 4.33. The van der Waals surface area contributed by atoms with Gasteiger partial charge in [0.25, 0.3) is 0 Å². The molecular weight excluding hydrogens is 336 g/mol. The fourth-order valence-electron chi connectivity index (χ4n) is 1.90. The lowest BCUT2D eigenvalue weighted by Gasteiger charge is -2.12. The lowest BCUT2D eigenvalue weighted by molar-refractivity contribution is 0.553. The molecule has 0 saturated carbocycles. The molecule has 2 rings (SSSR count). The summed E-state index contributed by atoms with van der Waals surface area (Å²) in [6.07, 6.45) is 3.42. The zero-order valence-electron chi connectivity index (χ0n) is 11.5. The van der Waals surface area contributed by atoms with Crippen molar-refractivity contribution in [3.63, 3.8) is 0 Å². The fourth-order valence-corrected chi connectivity index (χ4v) is 3.42. The summed E-state index contributed by atoms with van der Waals surface area (Å²) in [5.74, 6) is 1.84. The van der Waals surface area contributed by atoms with Gasteiger partial charge in [0.05, 0.1) is 0 Å². The lowest BCUT2D eigenvalue weighted by Crippen LogP contribution is -2.27. The highest BCUT2D eigenvalue weighted by atomic mass is 79.9. The number of halogens is 1. The second kappa shape index (κ2) is 7.81. The SMILES string of the molecule is CCCn1ncnc1CC(N)CSc1ccccc1Br. The molecule has 2 N–H and O–H groups in total. The number of aryl methyl sites for hydroxylation is 1. The van der Waals surface area contributed by atoms with Gasteiger partial charge in [0, 0.05) is 34.1 Å². The Labute approximate surface area is 132 Å². The second-order valence-electron chi connectivity index (χ2n) is 4.61. The van der Waals surface area contributed by atoms with E-state index in [-0.39, 0.29) is 6.04 Å². The van der Waals surface area contributed by atoms with Gasteiger partial charge in [0.15, 0.2) is 0 Å². The minimum atomic E-state index is 0.0758. The van der Waals surface area contributed by atoms with Crippen LogP contribution in [0.3, 0.4) is 0 Å². The summed E-state index contributed by atoms with van der Waals surface area (Å²) < 4.78 is 3.06. The summed E-state index contributed by atoms with van der Waals surface area (Å²) in [5.41, 5.74) is 6.21. The van der Waals surface area contributed by atoms with Crippen LogP contribution in [0.4, 0.5) is 0 Å². The molecule has 0 radical (unpaired) electrons. The van der Waals surface area contributed by atoms with Crippen LogP contribution in [-0.2, 0) is 13.0 Å². The van der Waals surface area contributed by atoms with E-state index in [2.05, 4.69) is 39.0 Å². The van der Waals surface area contributed by atoms with Crippen molar-refractivity contribution in [3.05, 3.63) is 40.9 Å². The van der Waals surface area contributed by atoms with Crippen LogP contribution in [0.2, 0.25) is 0 Å². The molecule has 0 aliphatic rings. The van der Waals surface area contributed by atoms with Crippen LogP contribution in [-0.4, -0.2) is 26.6 Å². The molecule has 2 aromatic rings. The monoisotopic (exact) mass is 354 g/mol. The highest BCUT2D eigenvalue weighted by Crippen LogP contribution is 2.27. The van der Waals surface area contributed by atoms with E-state index in [1.807, 2.05) is 22.9 Å². The van der Waals surface area contributed by atoms with E-state index < -0.39 is 0 Å². The van der Waals surface area contributed by atoms with E-state index in [4.69, 9.17) is 5.73 Å². The first-order valence-electron chi connectivity index (χ1n) is 6.70. The Morgan fingerprint density at radius 3 is 2.95 bits per heavy atom. The molecule has 0 bridgehead atoms. The van der Waals surface area contributed by atoms with Crippen molar-refractivity contribution < 1.29 is 0 Å². The Kier molecular flexibility index (Phi) is 6.06. The average molecular weight is 355 g/mol. The number of benzene rings is 1. The molecule has 0 spiro atoms. The minimum absolute atomic E-state index is 0.0758. The van der Waals surface area contributed by atoms with Crippen LogP contribution in [0.15, 0.2) is 40.0 Å². The molecule has 0 amide bonds. The van der Waals surface area contributed by atoms with E-state index >= 15 is 0 Å². The highest BCUT2D eigenvalue weighted by Gasteiger charge is 2.11. The molecule has 0 aliphatic heterocycles. The van der Waals surface area contributed by atoms with Crippen LogP contribution >= 0.6 is 27.7 Å². The normalized spacial score (nSPS) is 12.6. The van der Waals surface area contributed by atoms with Crippen molar-refractivity contribution in [3.8, 4) is 0 Å². The molecule has 0 saturated heterocycles. The maximum Gasteiger partial charge on any atom is 0.138 e.